The topological polar surface area (TPSA) is 122 Å². The van der Waals surface area contributed by atoms with Crippen molar-refractivity contribution in [2.75, 3.05) is 18.8 Å². The van der Waals surface area contributed by atoms with E-state index in [1.54, 1.807) is 17.0 Å². The van der Waals surface area contributed by atoms with Gasteiger partial charge in [-0.15, -0.1) is 0 Å². The van der Waals surface area contributed by atoms with E-state index in [-0.39, 0.29) is 29.1 Å². The molecule has 0 saturated carbocycles. The number of nitrogen functional groups attached to an aromatic ring is 1. The molecule has 3 aromatic rings. The smallest absolute Gasteiger partial charge is 0.387 e. The summed E-state index contributed by atoms with van der Waals surface area (Å²) >= 11 is 0. The lowest BCUT2D eigenvalue weighted by Crippen LogP contribution is -2.62. The van der Waals surface area contributed by atoms with E-state index in [1.165, 1.54) is 12.3 Å². The molecule has 2 amide bonds. The number of nitrogens with two attached hydrogens (primary N) is 1. The predicted octanol–water partition coefficient (Wildman–Crippen LogP) is 3.43. The van der Waals surface area contributed by atoms with Gasteiger partial charge in [-0.1, -0.05) is 18.2 Å². The van der Waals surface area contributed by atoms with Gasteiger partial charge in [-0.2, -0.15) is 19.1 Å². The minimum atomic E-state index is -3.01. The second kappa shape index (κ2) is 8.54. The summed E-state index contributed by atoms with van der Waals surface area (Å²) in [6, 6.07) is 12.2. The van der Waals surface area contributed by atoms with Gasteiger partial charge in [-0.05, 0) is 37.1 Å². The number of aryl methyl sites for hydroxylation is 1. The number of rotatable bonds is 5. The quantitative estimate of drug-likeness (QED) is 0.578. The Hall–Kier alpha value is -4.20. The number of benzene rings is 1. The zero-order chi connectivity index (χ0) is 24.7. The third-order valence-corrected chi connectivity index (χ3v) is 6.68. The lowest BCUT2D eigenvalue weighted by atomic mass is 9.76. The fourth-order valence-corrected chi connectivity index (χ4v) is 4.87. The molecule has 9 nitrogen and oxygen atoms in total. The van der Waals surface area contributed by atoms with Crippen LogP contribution in [0.3, 0.4) is 0 Å². The normalized spacial score (nSPS) is 16.5. The van der Waals surface area contributed by atoms with Crippen molar-refractivity contribution in [3.05, 3.63) is 59.4 Å². The van der Waals surface area contributed by atoms with Gasteiger partial charge in [-0.3, -0.25) is 4.68 Å². The average Bonchev–Trinajstić information content (AvgIpc) is 3.38. The number of alkyl halides is 2. The highest BCUT2D eigenvalue weighted by Crippen LogP contribution is 2.44. The van der Waals surface area contributed by atoms with Gasteiger partial charge in [0.05, 0.1) is 23.4 Å². The average molecular weight is 479 g/mol. The van der Waals surface area contributed by atoms with Crippen LogP contribution < -0.4 is 15.8 Å². The molecule has 35 heavy (non-hydrogen) atoms. The predicted molar refractivity (Wildman–Crippen MR) is 122 cm³/mol. The summed E-state index contributed by atoms with van der Waals surface area (Å²) in [5.41, 5.74) is 8.83. The first-order chi connectivity index (χ1) is 16.8. The Balaban J connectivity index is 1.28. The van der Waals surface area contributed by atoms with Crippen LogP contribution in [0.2, 0.25) is 0 Å². The van der Waals surface area contributed by atoms with E-state index < -0.39 is 6.61 Å². The maximum atomic E-state index is 12.9. The van der Waals surface area contributed by atoms with E-state index in [9.17, 15) is 18.8 Å². The maximum Gasteiger partial charge on any atom is 0.387 e. The first-order valence-electron chi connectivity index (χ1n) is 11.1. The van der Waals surface area contributed by atoms with Crippen LogP contribution in [0.15, 0.2) is 42.6 Å². The molecule has 180 valence electrons. The Bertz CT molecular complexity index is 1330. The number of carbonyl (C=O) groups excluding carboxylic acids is 1. The van der Waals surface area contributed by atoms with Crippen LogP contribution in [0, 0.1) is 11.3 Å². The number of ether oxygens (including phenoxy) is 1. The van der Waals surface area contributed by atoms with Gasteiger partial charge in [0, 0.05) is 42.5 Å². The first-order valence-corrected chi connectivity index (χ1v) is 11.1. The molecule has 1 atom stereocenters. The van der Waals surface area contributed by atoms with Gasteiger partial charge in [0.25, 0.3) is 0 Å². The standard InChI is InChI=1S/C24H23F2N7O2/c1-14(17-5-3-2-4-15(17)10-27)30-23(34)32-12-24(13-32)6-7-33-20(24)9-18(31-33)16-8-19(35-22(25)26)21(28)29-11-16/h2-5,8-9,11,14,22H,6-7,12-13H2,1H3,(H2,28,29)(H,30,34). The molecule has 4 heterocycles. The minimum absolute atomic E-state index is 0.121. The molecule has 2 aliphatic heterocycles. The summed E-state index contributed by atoms with van der Waals surface area (Å²) in [5, 5.41) is 16.9. The second-order valence-electron chi connectivity index (χ2n) is 8.88. The summed E-state index contributed by atoms with van der Waals surface area (Å²) in [7, 11) is 0. The summed E-state index contributed by atoms with van der Waals surface area (Å²) in [4.78, 5) is 18.6. The fourth-order valence-electron chi connectivity index (χ4n) is 4.87. The third kappa shape index (κ3) is 4.01. The number of pyridine rings is 1. The molecule has 1 spiro atoms. The molecule has 1 unspecified atom stereocenters. The summed E-state index contributed by atoms with van der Waals surface area (Å²) in [5.74, 6) is -0.316. The SMILES string of the molecule is CC(NC(=O)N1CC2(CCn3nc(-c4cnc(N)c(OC(F)F)c4)cc32)C1)c1ccccc1C#N. The Kier molecular flexibility index (Phi) is 5.51. The van der Waals surface area contributed by atoms with E-state index in [0.717, 1.165) is 17.7 Å². The highest BCUT2D eigenvalue weighted by Gasteiger charge is 2.51. The van der Waals surface area contributed by atoms with Crippen molar-refractivity contribution < 1.29 is 18.3 Å². The van der Waals surface area contributed by atoms with E-state index in [4.69, 9.17) is 5.73 Å². The minimum Gasteiger partial charge on any atom is -0.431 e. The number of nitrogens with one attached hydrogen (secondary N) is 1. The zero-order valence-electron chi connectivity index (χ0n) is 18.9. The van der Waals surface area contributed by atoms with Gasteiger partial charge in [0.15, 0.2) is 11.6 Å². The van der Waals surface area contributed by atoms with Crippen molar-refractivity contribution in [3.63, 3.8) is 0 Å². The number of amides is 2. The summed E-state index contributed by atoms with van der Waals surface area (Å²) < 4.78 is 31.7. The molecule has 2 aromatic heterocycles. The van der Waals surface area contributed by atoms with Gasteiger partial charge in [-0.25, -0.2) is 9.78 Å². The second-order valence-corrected chi connectivity index (χ2v) is 8.88. The molecule has 1 fully saturated rings. The van der Waals surface area contributed by atoms with Crippen molar-refractivity contribution >= 4 is 11.8 Å². The number of anilines is 1. The van der Waals surface area contributed by atoms with Crippen molar-refractivity contribution in [2.45, 2.75) is 38.0 Å². The van der Waals surface area contributed by atoms with Crippen LogP contribution in [0.1, 0.15) is 36.2 Å². The lowest BCUT2D eigenvalue weighted by Gasteiger charge is -2.47. The van der Waals surface area contributed by atoms with E-state index in [2.05, 4.69) is 26.2 Å². The van der Waals surface area contributed by atoms with E-state index >= 15 is 0 Å². The van der Waals surface area contributed by atoms with Gasteiger partial charge >= 0.3 is 12.6 Å². The number of carbonyl (C=O) groups is 1. The Morgan fingerprint density at radius 3 is 2.83 bits per heavy atom. The summed E-state index contributed by atoms with van der Waals surface area (Å²) in [6.07, 6.45) is 2.32. The number of halogens is 2. The molecule has 5 rings (SSSR count). The molecule has 1 aromatic carbocycles. The number of nitrogens with zero attached hydrogens (tertiary/aromatic N) is 5. The number of hydrogen-bond donors (Lipinski definition) is 2. The number of nitriles is 1. The molecule has 3 N–H and O–H groups in total. The van der Waals surface area contributed by atoms with Gasteiger partial charge in [0.2, 0.25) is 0 Å². The zero-order valence-corrected chi connectivity index (χ0v) is 18.9. The van der Waals surface area contributed by atoms with E-state index in [0.29, 0.717) is 36.5 Å². The molecule has 11 heteroatoms. The Morgan fingerprint density at radius 2 is 2.09 bits per heavy atom. The van der Waals surface area contributed by atoms with Gasteiger partial charge < -0.3 is 20.7 Å². The Morgan fingerprint density at radius 1 is 1.31 bits per heavy atom. The van der Waals surface area contributed by atoms with Crippen LogP contribution in [0.5, 0.6) is 5.75 Å². The van der Waals surface area contributed by atoms with Crippen molar-refractivity contribution in [1.29, 1.82) is 5.26 Å². The molecule has 1 saturated heterocycles. The lowest BCUT2D eigenvalue weighted by molar-refractivity contribution is -0.0494. The monoisotopic (exact) mass is 479 g/mol. The summed E-state index contributed by atoms with van der Waals surface area (Å²) in [6.45, 7) is 0.618. The maximum absolute atomic E-state index is 12.9. The highest BCUT2D eigenvalue weighted by molar-refractivity contribution is 5.76. The van der Waals surface area contributed by atoms with Crippen LogP contribution >= 0.6 is 0 Å². The largest absolute Gasteiger partial charge is 0.431 e. The van der Waals surface area contributed by atoms with E-state index in [1.807, 2.05) is 29.8 Å². The molecule has 2 aliphatic rings. The van der Waals surface area contributed by atoms with Gasteiger partial charge in [0.1, 0.15) is 0 Å². The molecular weight excluding hydrogens is 456 g/mol. The van der Waals surface area contributed by atoms with Crippen LogP contribution in [0.25, 0.3) is 11.3 Å². The van der Waals surface area contributed by atoms with Crippen molar-refractivity contribution in [3.8, 4) is 23.1 Å². The Labute approximate surface area is 200 Å². The van der Waals surface area contributed by atoms with Crippen LogP contribution in [-0.2, 0) is 12.0 Å². The molecule has 0 radical (unpaired) electrons. The number of aromatic nitrogens is 3. The number of urea groups is 1. The van der Waals surface area contributed by atoms with Crippen molar-refractivity contribution in [1.82, 2.24) is 25.0 Å². The molecule has 0 aliphatic carbocycles. The number of likely N-dealkylation sites (tertiary alicyclic amines) is 1. The van der Waals surface area contributed by atoms with Crippen LogP contribution in [-0.4, -0.2) is 45.4 Å². The molecular formula is C24H23F2N7O2. The number of fused-ring (bicyclic) bond motifs is 2. The first kappa shape index (κ1) is 22.6. The highest BCUT2D eigenvalue weighted by atomic mass is 19.3. The molecule has 0 bridgehead atoms. The fraction of sp³-hybridized carbons (Fsp3) is 0.333. The van der Waals surface area contributed by atoms with Crippen LogP contribution in [0.4, 0.5) is 19.4 Å². The van der Waals surface area contributed by atoms with Crippen molar-refractivity contribution in [2.24, 2.45) is 0 Å². The third-order valence-electron chi connectivity index (χ3n) is 6.68. The number of hydrogen-bond acceptors (Lipinski definition) is 6.